The van der Waals surface area contributed by atoms with Crippen LogP contribution in [0.2, 0.25) is 5.02 Å². The lowest BCUT2D eigenvalue weighted by atomic mass is 10.2. The van der Waals surface area contributed by atoms with E-state index in [2.05, 4.69) is 16.3 Å². The average molecular weight is 363 g/mol. The Morgan fingerprint density at radius 2 is 1.96 bits per heavy atom. The second-order valence-electron chi connectivity index (χ2n) is 5.42. The average Bonchev–Trinajstić information content (AvgIpc) is 2.60. The molecule has 2 rings (SSSR count). The summed E-state index contributed by atoms with van der Waals surface area (Å²) in [6.45, 7) is 3.99. The van der Waals surface area contributed by atoms with Crippen LogP contribution in [0.1, 0.15) is 12.0 Å². The van der Waals surface area contributed by atoms with E-state index >= 15 is 0 Å². The van der Waals surface area contributed by atoms with Crippen LogP contribution in [-0.4, -0.2) is 53.5 Å². The molecule has 1 saturated heterocycles. The predicted octanol–water partition coefficient (Wildman–Crippen LogP) is 2.29. The van der Waals surface area contributed by atoms with Crippen molar-refractivity contribution in [3.63, 3.8) is 0 Å². The van der Waals surface area contributed by atoms with Crippen molar-refractivity contribution in [3.05, 3.63) is 40.9 Å². The third-order valence-corrected chi connectivity index (χ3v) is 4.34. The van der Waals surface area contributed by atoms with Crippen molar-refractivity contribution in [1.29, 1.82) is 5.26 Å². The molecule has 1 fully saturated rings. The molecule has 0 saturated carbocycles. The number of carbonyl (C=O) groups excluding carboxylic acids is 1. The van der Waals surface area contributed by atoms with E-state index in [1.807, 2.05) is 17.0 Å². The number of piperazine rings is 1. The maximum absolute atomic E-state index is 12.0. The molecule has 5 nitrogen and oxygen atoms in total. The third-order valence-electron chi connectivity index (χ3n) is 3.73. The van der Waals surface area contributed by atoms with Gasteiger partial charge in [0, 0.05) is 50.2 Å². The molecule has 0 radical (unpaired) electrons. The molecule has 1 N–H and O–H groups in total. The molecule has 0 unspecified atom stereocenters. The number of nitrogens with one attached hydrogen (secondary N) is 1. The molecule has 1 aromatic carbocycles. The smallest absolute Gasteiger partial charge is 0.250 e. The summed E-state index contributed by atoms with van der Waals surface area (Å²) in [5.74, 6) is -0.248. The van der Waals surface area contributed by atoms with Crippen molar-refractivity contribution in [3.8, 4) is 6.07 Å². The zero-order valence-electron chi connectivity index (χ0n) is 13.2. The highest BCUT2D eigenvalue weighted by Crippen LogP contribution is 2.10. The fourth-order valence-electron chi connectivity index (χ4n) is 2.35. The molecule has 1 aromatic rings. The standard InChI is InChI=1S/C17H19ClN4OS/c18-15-5-2-14(3-6-15)4-7-16(23)20-17(24)22-12-10-21(11-13-22)9-1-8-19/h2-7H,1,9-13H2,(H,20,23,24)/b7-4+. The number of nitrogens with zero attached hydrogens (tertiary/aromatic N) is 3. The quantitative estimate of drug-likeness (QED) is 0.657. The molecule has 0 aromatic heterocycles. The first-order valence-electron chi connectivity index (χ1n) is 7.71. The monoisotopic (exact) mass is 362 g/mol. The topological polar surface area (TPSA) is 59.4 Å². The van der Waals surface area contributed by atoms with Gasteiger partial charge < -0.3 is 4.90 Å². The molecule has 1 aliphatic rings. The maximum Gasteiger partial charge on any atom is 0.250 e. The lowest BCUT2D eigenvalue weighted by Gasteiger charge is -2.35. The molecule has 0 aliphatic carbocycles. The summed E-state index contributed by atoms with van der Waals surface area (Å²) in [7, 11) is 0. The number of benzene rings is 1. The summed E-state index contributed by atoms with van der Waals surface area (Å²) in [6, 6.07) is 9.38. The Balaban J connectivity index is 1.77. The number of thiocarbonyl (C=S) groups is 1. The summed E-state index contributed by atoms with van der Waals surface area (Å²) < 4.78 is 0. The van der Waals surface area contributed by atoms with Gasteiger partial charge in [0.25, 0.3) is 0 Å². The summed E-state index contributed by atoms with van der Waals surface area (Å²) in [5.41, 5.74) is 0.895. The summed E-state index contributed by atoms with van der Waals surface area (Å²) >= 11 is 11.1. The van der Waals surface area contributed by atoms with E-state index in [9.17, 15) is 4.79 Å². The van der Waals surface area contributed by atoms with Crippen LogP contribution >= 0.6 is 23.8 Å². The number of rotatable bonds is 4. The van der Waals surface area contributed by atoms with Crippen molar-refractivity contribution in [2.75, 3.05) is 32.7 Å². The first-order chi connectivity index (χ1) is 11.6. The molecule has 24 heavy (non-hydrogen) atoms. The number of nitriles is 1. The molecule has 0 bridgehead atoms. The van der Waals surface area contributed by atoms with Gasteiger partial charge in [-0.05, 0) is 36.0 Å². The van der Waals surface area contributed by atoms with Crippen LogP contribution in [0.15, 0.2) is 30.3 Å². The van der Waals surface area contributed by atoms with Gasteiger partial charge in [-0.15, -0.1) is 0 Å². The first kappa shape index (κ1) is 18.4. The van der Waals surface area contributed by atoms with Gasteiger partial charge >= 0.3 is 0 Å². The highest BCUT2D eigenvalue weighted by Gasteiger charge is 2.19. The minimum absolute atomic E-state index is 0.248. The fourth-order valence-corrected chi connectivity index (χ4v) is 2.76. The number of hydrogen-bond donors (Lipinski definition) is 1. The summed E-state index contributed by atoms with van der Waals surface area (Å²) in [5, 5.41) is 12.4. The second kappa shape index (κ2) is 9.38. The van der Waals surface area contributed by atoms with Gasteiger partial charge in [0.1, 0.15) is 0 Å². The molecular formula is C17H19ClN4OS. The maximum atomic E-state index is 12.0. The fraction of sp³-hybridized carbons (Fsp3) is 0.353. The Hall–Kier alpha value is -1.94. The van der Waals surface area contributed by atoms with Crippen LogP contribution in [0.3, 0.4) is 0 Å². The Bertz CT molecular complexity index is 646. The van der Waals surface area contributed by atoms with Crippen molar-refractivity contribution in [2.45, 2.75) is 6.42 Å². The molecule has 126 valence electrons. The molecule has 0 spiro atoms. The van der Waals surface area contributed by atoms with Gasteiger partial charge in [-0.2, -0.15) is 5.26 Å². The molecule has 0 atom stereocenters. The largest absolute Gasteiger partial charge is 0.346 e. The van der Waals surface area contributed by atoms with E-state index in [0.29, 0.717) is 16.6 Å². The molecule has 1 heterocycles. The first-order valence-corrected chi connectivity index (χ1v) is 8.50. The molecular weight excluding hydrogens is 344 g/mol. The van der Waals surface area contributed by atoms with Crippen LogP contribution < -0.4 is 5.32 Å². The van der Waals surface area contributed by atoms with E-state index < -0.39 is 0 Å². The van der Waals surface area contributed by atoms with E-state index in [1.54, 1.807) is 18.2 Å². The normalized spacial score (nSPS) is 15.2. The van der Waals surface area contributed by atoms with Crippen LogP contribution in [-0.2, 0) is 4.79 Å². The highest BCUT2D eigenvalue weighted by molar-refractivity contribution is 7.80. The molecule has 7 heteroatoms. The van der Waals surface area contributed by atoms with Crippen molar-refractivity contribution in [2.24, 2.45) is 0 Å². The molecule has 1 amide bonds. The summed E-state index contributed by atoms with van der Waals surface area (Å²) in [4.78, 5) is 16.2. The van der Waals surface area contributed by atoms with Crippen LogP contribution in [0.4, 0.5) is 0 Å². The van der Waals surface area contributed by atoms with E-state index in [-0.39, 0.29) is 5.91 Å². The number of amides is 1. The van der Waals surface area contributed by atoms with Gasteiger partial charge in [-0.1, -0.05) is 23.7 Å². The van der Waals surface area contributed by atoms with Crippen molar-refractivity contribution < 1.29 is 4.79 Å². The highest BCUT2D eigenvalue weighted by atomic mass is 35.5. The van der Waals surface area contributed by atoms with Crippen LogP contribution in [0, 0.1) is 11.3 Å². The SMILES string of the molecule is N#CCCN1CCN(C(=S)NC(=O)/C=C/c2ccc(Cl)cc2)CC1. The lowest BCUT2D eigenvalue weighted by Crippen LogP contribution is -2.52. The second-order valence-corrected chi connectivity index (χ2v) is 6.24. The minimum atomic E-state index is -0.248. The third kappa shape index (κ3) is 5.93. The number of hydrogen-bond acceptors (Lipinski definition) is 4. The zero-order valence-corrected chi connectivity index (χ0v) is 14.8. The van der Waals surface area contributed by atoms with Crippen LogP contribution in [0.5, 0.6) is 0 Å². The van der Waals surface area contributed by atoms with Crippen LogP contribution in [0.25, 0.3) is 6.08 Å². The number of carbonyl (C=O) groups is 1. The van der Waals surface area contributed by atoms with Gasteiger partial charge in [-0.3, -0.25) is 15.0 Å². The molecule has 1 aliphatic heterocycles. The Labute approximate surface area is 152 Å². The Morgan fingerprint density at radius 3 is 2.58 bits per heavy atom. The summed E-state index contributed by atoms with van der Waals surface area (Å²) in [6.07, 6.45) is 3.71. The van der Waals surface area contributed by atoms with Crippen molar-refractivity contribution >= 4 is 40.9 Å². The zero-order chi connectivity index (χ0) is 17.4. The van der Waals surface area contributed by atoms with E-state index in [1.165, 1.54) is 6.08 Å². The predicted molar refractivity (Wildman–Crippen MR) is 99.5 cm³/mol. The Kier molecular flexibility index (Phi) is 7.19. The van der Waals surface area contributed by atoms with Gasteiger partial charge in [0.15, 0.2) is 5.11 Å². The number of halogens is 1. The van der Waals surface area contributed by atoms with E-state index in [0.717, 1.165) is 38.3 Å². The van der Waals surface area contributed by atoms with Gasteiger partial charge in [0.2, 0.25) is 5.91 Å². The Morgan fingerprint density at radius 1 is 1.29 bits per heavy atom. The lowest BCUT2D eigenvalue weighted by molar-refractivity contribution is -0.115. The van der Waals surface area contributed by atoms with Gasteiger partial charge in [0.05, 0.1) is 6.07 Å². The van der Waals surface area contributed by atoms with E-state index in [4.69, 9.17) is 29.1 Å². The van der Waals surface area contributed by atoms with Gasteiger partial charge in [-0.25, -0.2) is 0 Å². The minimum Gasteiger partial charge on any atom is -0.346 e. The van der Waals surface area contributed by atoms with Crippen molar-refractivity contribution in [1.82, 2.24) is 15.1 Å².